The summed E-state index contributed by atoms with van der Waals surface area (Å²) in [6.07, 6.45) is 3.72. The molecule has 5 heteroatoms. The monoisotopic (exact) mass is 195 g/mol. The van der Waals surface area contributed by atoms with Gasteiger partial charge in [0.1, 0.15) is 5.78 Å². The number of aromatic nitrogens is 2. The van der Waals surface area contributed by atoms with Gasteiger partial charge in [0.2, 0.25) is 5.91 Å². The third-order valence-corrected chi connectivity index (χ3v) is 1.65. The molecule has 1 aromatic heterocycles. The summed E-state index contributed by atoms with van der Waals surface area (Å²) in [5.74, 6) is -0.00213. The summed E-state index contributed by atoms with van der Waals surface area (Å²) in [5, 5.41) is 6.60. The molecule has 14 heavy (non-hydrogen) atoms. The fourth-order valence-electron chi connectivity index (χ4n) is 1.03. The first-order chi connectivity index (χ1) is 6.58. The number of rotatable bonds is 4. The van der Waals surface area contributed by atoms with E-state index in [4.69, 9.17) is 0 Å². The lowest BCUT2D eigenvalue weighted by molar-refractivity contribution is -0.117. The molecule has 76 valence electrons. The van der Waals surface area contributed by atoms with Crippen molar-refractivity contribution in [3.63, 3.8) is 0 Å². The molecule has 0 aliphatic rings. The smallest absolute Gasteiger partial charge is 0.221 e. The van der Waals surface area contributed by atoms with E-state index in [0.717, 1.165) is 0 Å². The van der Waals surface area contributed by atoms with E-state index in [1.807, 2.05) is 0 Å². The molecular weight excluding hydrogens is 182 g/mol. The Bertz CT molecular complexity index is 344. The molecule has 0 saturated carbocycles. The normalized spacial score (nSPS) is 9.86. The maximum Gasteiger partial charge on any atom is 0.221 e. The van der Waals surface area contributed by atoms with Crippen molar-refractivity contribution >= 4 is 17.4 Å². The third kappa shape index (κ3) is 3.38. The van der Waals surface area contributed by atoms with Crippen molar-refractivity contribution < 1.29 is 9.59 Å². The lowest BCUT2D eigenvalue weighted by Gasteiger charge is -1.97. The van der Waals surface area contributed by atoms with Crippen molar-refractivity contribution in [3.8, 4) is 0 Å². The zero-order valence-electron chi connectivity index (χ0n) is 8.28. The number of Topliss-reactive ketones (excluding diaryl/α,β-unsaturated/α-hetero) is 1. The van der Waals surface area contributed by atoms with Gasteiger partial charge in [-0.1, -0.05) is 0 Å². The molecule has 1 heterocycles. The maximum atomic E-state index is 10.7. The lowest BCUT2D eigenvalue weighted by atomic mass is 10.3. The number of carbonyl (C=O) groups is 2. The molecule has 1 rings (SSSR count). The highest BCUT2D eigenvalue weighted by Gasteiger charge is 2.00. The number of aryl methyl sites for hydroxylation is 1. The van der Waals surface area contributed by atoms with Crippen LogP contribution in [-0.2, 0) is 16.1 Å². The van der Waals surface area contributed by atoms with Gasteiger partial charge < -0.3 is 5.32 Å². The highest BCUT2D eigenvalue weighted by Crippen LogP contribution is 2.04. The zero-order chi connectivity index (χ0) is 10.6. The van der Waals surface area contributed by atoms with Gasteiger partial charge in [0.15, 0.2) is 0 Å². The Kier molecular flexibility index (Phi) is 3.39. The van der Waals surface area contributed by atoms with Crippen molar-refractivity contribution in [2.45, 2.75) is 26.8 Å². The van der Waals surface area contributed by atoms with Crippen molar-refractivity contribution in [1.82, 2.24) is 9.78 Å². The van der Waals surface area contributed by atoms with Gasteiger partial charge in [0.05, 0.1) is 11.9 Å². The molecule has 0 aromatic carbocycles. The Morgan fingerprint density at radius 2 is 2.21 bits per heavy atom. The van der Waals surface area contributed by atoms with E-state index in [0.29, 0.717) is 18.7 Å². The fraction of sp³-hybridized carbons (Fsp3) is 0.444. The molecule has 1 aromatic rings. The molecule has 0 aliphatic heterocycles. The second-order valence-corrected chi connectivity index (χ2v) is 3.13. The van der Waals surface area contributed by atoms with Crippen molar-refractivity contribution in [2.75, 3.05) is 5.32 Å². The third-order valence-electron chi connectivity index (χ3n) is 1.65. The van der Waals surface area contributed by atoms with Crippen LogP contribution in [0.5, 0.6) is 0 Å². The summed E-state index contributed by atoms with van der Waals surface area (Å²) < 4.78 is 1.63. The van der Waals surface area contributed by atoms with Crippen LogP contribution in [-0.4, -0.2) is 21.5 Å². The minimum Gasteiger partial charge on any atom is -0.324 e. The Hall–Kier alpha value is -1.65. The summed E-state index contributed by atoms with van der Waals surface area (Å²) in [6.45, 7) is 3.53. The predicted molar refractivity (Wildman–Crippen MR) is 51.8 cm³/mol. The van der Waals surface area contributed by atoms with E-state index in [1.165, 1.54) is 13.8 Å². The fourth-order valence-corrected chi connectivity index (χ4v) is 1.03. The Balaban J connectivity index is 2.50. The molecule has 0 fully saturated rings. The Labute approximate surface area is 82.1 Å². The first-order valence-corrected chi connectivity index (χ1v) is 4.37. The largest absolute Gasteiger partial charge is 0.324 e. The topological polar surface area (TPSA) is 64.0 Å². The van der Waals surface area contributed by atoms with Crippen LogP contribution in [0.25, 0.3) is 0 Å². The molecule has 1 N–H and O–H groups in total. The summed E-state index contributed by atoms with van der Waals surface area (Å²) in [4.78, 5) is 21.4. The molecule has 0 aliphatic carbocycles. The number of anilines is 1. The molecular formula is C9H13N3O2. The summed E-state index contributed by atoms with van der Waals surface area (Å²) in [6, 6.07) is 0. The van der Waals surface area contributed by atoms with Crippen LogP contribution in [0.15, 0.2) is 12.4 Å². The van der Waals surface area contributed by atoms with Crippen LogP contribution in [0, 0.1) is 0 Å². The van der Waals surface area contributed by atoms with Crippen LogP contribution in [0.4, 0.5) is 5.69 Å². The van der Waals surface area contributed by atoms with Crippen LogP contribution in [0.1, 0.15) is 20.3 Å². The molecule has 0 unspecified atom stereocenters. The average Bonchev–Trinajstić information content (AvgIpc) is 2.47. The van der Waals surface area contributed by atoms with E-state index in [2.05, 4.69) is 10.4 Å². The minimum atomic E-state index is -0.129. The van der Waals surface area contributed by atoms with Gasteiger partial charge in [0, 0.05) is 26.1 Å². The van der Waals surface area contributed by atoms with Gasteiger partial charge in [0.25, 0.3) is 0 Å². The van der Waals surface area contributed by atoms with E-state index in [1.54, 1.807) is 17.1 Å². The molecule has 1 amide bonds. The van der Waals surface area contributed by atoms with Crippen molar-refractivity contribution in [2.24, 2.45) is 0 Å². The second kappa shape index (κ2) is 4.55. The van der Waals surface area contributed by atoms with Crippen molar-refractivity contribution in [3.05, 3.63) is 12.4 Å². The maximum absolute atomic E-state index is 10.7. The summed E-state index contributed by atoms with van der Waals surface area (Å²) in [7, 11) is 0. The van der Waals surface area contributed by atoms with E-state index in [-0.39, 0.29) is 11.7 Å². The second-order valence-electron chi connectivity index (χ2n) is 3.13. The number of hydrogen-bond donors (Lipinski definition) is 1. The lowest BCUT2D eigenvalue weighted by Crippen LogP contribution is -2.05. The SMILES string of the molecule is CC(=O)CCn1cc(NC(C)=O)cn1. The van der Waals surface area contributed by atoms with Gasteiger partial charge in [-0.15, -0.1) is 0 Å². The number of hydrogen-bond acceptors (Lipinski definition) is 3. The first kappa shape index (κ1) is 10.4. The van der Waals surface area contributed by atoms with Gasteiger partial charge in [-0.3, -0.25) is 14.3 Å². The zero-order valence-corrected chi connectivity index (χ0v) is 8.28. The van der Waals surface area contributed by atoms with Crippen molar-refractivity contribution in [1.29, 1.82) is 0 Å². The van der Waals surface area contributed by atoms with Gasteiger partial charge in [-0.25, -0.2) is 0 Å². The Morgan fingerprint density at radius 1 is 1.50 bits per heavy atom. The minimum absolute atomic E-state index is 0.126. The van der Waals surface area contributed by atoms with Crippen LogP contribution in [0.2, 0.25) is 0 Å². The molecule has 0 bridgehead atoms. The standard InChI is InChI=1S/C9H13N3O2/c1-7(13)3-4-12-6-9(5-10-12)11-8(2)14/h5-6H,3-4H2,1-2H3,(H,11,14). The number of nitrogens with zero attached hydrogens (tertiary/aromatic N) is 2. The number of ketones is 1. The van der Waals surface area contributed by atoms with Gasteiger partial charge in [-0.05, 0) is 6.92 Å². The molecule has 0 atom stereocenters. The Morgan fingerprint density at radius 3 is 2.79 bits per heavy atom. The quantitative estimate of drug-likeness (QED) is 0.773. The van der Waals surface area contributed by atoms with Crippen LogP contribution < -0.4 is 5.32 Å². The number of carbonyl (C=O) groups excluding carboxylic acids is 2. The summed E-state index contributed by atoms with van der Waals surface area (Å²) >= 11 is 0. The molecule has 5 nitrogen and oxygen atoms in total. The highest BCUT2D eigenvalue weighted by molar-refractivity contribution is 5.88. The van der Waals surface area contributed by atoms with E-state index < -0.39 is 0 Å². The molecule has 0 saturated heterocycles. The number of nitrogens with one attached hydrogen (secondary N) is 1. The summed E-state index contributed by atoms with van der Waals surface area (Å²) in [5.41, 5.74) is 0.654. The van der Waals surface area contributed by atoms with Crippen LogP contribution in [0.3, 0.4) is 0 Å². The van der Waals surface area contributed by atoms with Crippen LogP contribution >= 0.6 is 0 Å². The predicted octanol–water partition coefficient (Wildman–Crippen LogP) is 0.821. The average molecular weight is 195 g/mol. The molecule has 0 radical (unpaired) electrons. The number of amides is 1. The first-order valence-electron chi connectivity index (χ1n) is 4.37. The van der Waals surface area contributed by atoms with E-state index in [9.17, 15) is 9.59 Å². The molecule has 0 spiro atoms. The van der Waals surface area contributed by atoms with E-state index >= 15 is 0 Å². The van der Waals surface area contributed by atoms with Gasteiger partial charge >= 0.3 is 0 Å². The van der Waals surface area contributed by atoms with Gasteiger partial charge in [-0.2, -0.15) is 5.10 Å². The highest BCUT2D eigenvalue weighted by atomic mass is 16.1.